The minimum Gasteiger partial charge on any atom is -0.399 e. The van der Waals surface area contributed by atoms with E-state index in [2.05, 4.69) is 5.73 Å². The monoisotopic (exact) mass is 405 g/mol. The first-order valence-electron chi connectivity index (χ1n) is 9.55. The molecule has 2 aliphatic heterocycles. The van der Waals surface area contributed by atoms with Crippen molar-refractivity contribution in [1.82, 2.24) is 4.90 Å². The van der Waals surface area contributed by atoms with Crippen molar-refractivity contribution in [2.75, 3.05) is 6.73 Å². The van der Waals surface area contributed by atoms with Gasteiger partial charge in [-0.25, -0.2) is 13.2 Å². The van der Waals surface area contributed by atoms with E-state index in [1.807, 2.05) is 27.7 Å². The van der Waals surface area contributed by atoms with Crippen LogP contribution in [0.2, 0.25) is 0 Å². The number of hydrogen-bond acceptors (Lipinski definition) is 4. The summed E-state index contributed by atoms with van der Waals surface area (Å²) in [4.78, 5) is 1.70. The van der Waals surface area contributed by atoms with E-state index in [1.165, 1.54) is 0 Å². The van der Waals surface area contributed by atoms with Gasteiger partial charge in [-0.3, -0.25) is 0 Å². The summed E-state index contributed by atoms with van der Waals surface area (Å²) in [6.45, 7) is 7.86. The van der Waals surface area contributed by atoms with Crippen molar-refractivity contribution in [3.05, 3.63) is 52.3 Å². The third-order valence-electron chi connectivity index (χ3n) is 6.00. The molecule has 29 heavy (non-hydrogen) atoms. The summed E-state index contributed by atoms with van der Waals surface area (Å²) in [5.74, 6) is -0.415. The molecule has 2 heterocycles. The predicted molar refractivity (Wildman–Crippen MR) is 104 cm³/mol. The van der Waals surface area contributed by atoms with Crippen molar-refractivity contribution in [2.45, 2.75) is 58.4 Å². The lowest BCUT2D eigenvalue weighted by atomic mass is 9.77. The molecule has 0 amide bonds. The molecule has 0 atom stereocenters. The SMILES string of the molecule is CC1(C)OB(c2ccc3c(c2F)COCN(C2=C=C(C(F)F)C2)/C=C\3)OC1(C)C. The van der Waals surface area contributed by atoms with Crippen LogP contribution < -0.4 is 5.46 Å². The average molecular weight is 405 g/mol. The van der Waals surface area contributed by atoms with Gasteiger partial charge in [0.1, 0.15) is 12.5 Å². The van der Waals surface area contributed by atoms with Gasteiger partial charge in [0.25, 0.3) is 6.43 Å². The van der Waals surface area contributed by atoms with E-state index in [4.69, 9.17) is 14.0 Å². The maximum Gasteiger partial charge on any atom is 0.497 e. The molecule has 1 fully saturated rings. The number of rotatable bonds is 3. The van der Waals surface area contributed by atoms with Crippen molar-refractivity contribution in [2.24, 2.45) is 0 Å². The fraction of sp³-hybridized carbons (Fsp3) is 0.476. The second kappa shape index (κ2) is 7.06. The Labute approximate surface area is 168 Å². The van der Waals surface area contributed by atoms with Crippen LogP contribution >= 0.6 is 0 Å². The Morgan fingerprint density at radius 2 is 1.79 bits per heavy atom. The topological polar surface area (TPSA) is 30.9 Å². The molecule has 8 heteroatoms. The highest BCUT2D eigenvalue weighted by Crippen LogP contribution is 2.37. The van der Waals surface area contributed by atoms with Crippen LogP contribution in [0.1, 0.15) is 45.2 Å². The maximum absolute atomic E-state index is 15.3. The third-order valence-corrected chi connectivity index (χ3v) is 6.00. The second-order valence-electron chi connectivity index (χ2n) is 8.46. The second-order valence-corrected chi connectivity index (χ2v) is 8.46. The van der Waals surface area contributed by atoms with E-state index in [-0.39, 0.29) is 25.3 Å². The molecule has 1 aromatic carbocycles. The number of nitrogens with zero attached hydrogens (tertiary/aromatic N) is 1. The number of benzene rings is 1. The van der Waals surface area contributed by atoms with E-state index < -0.39 is 30.6 Å². The quantitative estimate of drug-likeness (QED) is 0.563. The Morgan fingerprint density at radius 1 is 1.14 bits per heavy atom. The Morgan fingerprint density at radius 3 is 2.41 bits per heavy atom. The van der Waals surface area contributed by atoms with Crippen LogP contribution in [0.25, 0.3) is 6.08 Å². The molecular formula is C21H23BF3NO3. The highest BCUT2D eigenvalue weighted by molar-refractivity contribution is 6.62. The van der Waals surface area contributed by atoms with Gasteiger partial charge in [0.05, 0.1) is 23.5 Å². The Hall–Kier alpha value is -1.99. The highest BCUT2D eigenvalue weighted by atomic mass is 19.3. The first-order chi connectivity index (χ1) is 13.6. The van der Waals surface area contributed by atoms with Gasteiger partial charge in [-0.05, 0) is 39.3 Å². The van der Waals surface area contributed by atoms with Gasteiger partial charge in [-0.15, -0.1) is 0 Å². The molecule has 0 spiro atoms. The fourth-order valence-corrected chi connectivity index (χ4v) is 3.39. The van der Waals surface area contributed by atoms with Crippen molar-refractivity contribution in [1.29, 1.82) is 0 Å². The molecule has 0 bridgehead atoms. The standard InChI is InChI=1S/C21H23BF3NO3/c1-20(2)21(3,4)29-22(28-20)17-6-5-13-7-8-26(12-27-11-16(13)18(17)23)15-9-14(10-15)19(24)25/h5-8,19H,9,11-12H2,1-4H3/b8-7-. The molecule has 4 rings (SSSR count). The van der Waals surface area contributed by atoms with E-state index in [9.17, 15) is 8.78 Å². The average Bonchev–Trinajstić information content (AvgIpc) is 2.77. The van der Waals surface area contributed by atoms with E-state index in [1.54, 1.807) is 29.3 Å². The molecule has 0 N–H and O–H groups in total. The number of fused-ring (bicyclic) bond motifs is 1. The van der Waals surface area contributed by atoms with E-state index >= 15 is 4.39 Å². The molecule has 4 nitrogen and oxygen atoms in total. The molecule has 0 radical (unpaired) electrons. The summed E-state index contributed by atoms with van der Waals surface area (Å²) in [7, 11) is -0.797. The summed E-state index contributed by atoms with van der Waals surface area (Å²) < 4.78 is 58.1. The van der Waals surface area contributed by atoms with Crippen LogP contribution in [0.4, 0.5) is 13.2 Å². The maximum atomic E-state index is 15.3. The van der Waals surface area contributed by atoms with E-state index in [0.717, 1.165) is 0 Å². The molecule has 1 saturated heterocycles. The third kappa shape index (κ3) is 3.55. The van der Waals surface area contributed by atoms with Crippen LogP contribution in [0.5, 0.6) is 0 Å². The van der Waals surface area contributed by atoms with Crippen molar-refractivity contribution in [3.63, 3.8) is 0 Å². The number of hydrogen-bond donors (Lipinski definition) is 0. The number of halogens is 3. The molecule has 0 saturated carbocycles. The minimum atomic E-state index is -2.48. The molecule has 1 aromatic rings. The van der Waals surface area contributed by atoms with Gasteiger partial charge in [-0.1, -0.05) is 17.9 Å². The largest absolute Gasteiger partial charge is 0.497 e. The molecule has 0 unspecified atom stereocenters. The van der Waals surface area contributed by atoms with Crippen molar-refractivity contribution < 1.29 is 27.2 Å². The first-order valence-corrected chi connectivity index (χ1v) is 9.55. The van der Waals surface area contributed by atoms with Gasteiger partial charge in [0.15, 0.2) is 0 Å². The van der Waals surface area contributed by atoms with E-state index in [0.29, 0.717) is 22.3 Å². The smallest absolute Gasteiger partial charge is 0.399 e. The van der Waals surface area contributed by atoms with Gasteiger partial charge < -0.3 is 18.9 Å². The molecule has 3 aliphatic rings. The van der Waals surface area contributed by atoms with Gasteiger partial charge >= 0.3 is 7.12 Å². The number of ether oxygens (including phenoxy) is 1. The zero-order valence-electron chi connectivity index (χ0n) is 16.9. The first kappa shape index (κ1) is 20.3. The molecule has 1 aliphatic carbocycles. The Bertz CT molecular complexity index is 919. The summed E-state index contributed by atoms with van der Waals surface area (Å²) in [5.41, 5.74) is 3.58. The summed E-state index contributed by atoms with van der Waals surface area (Å²) >= 11 is 0. The van der Waals surface area contributed by atoms with Crippen LogP contribution in [0, 0.1) is 5.82 Å². The molecule has 154 valence electrons. The lowest BCUT2D eigenvalue weighted by Crippen LogP contribution is -2.41. The zero-order chi connectivity index (χ0) is 21.0. The van der Waals surface area contributed by atoms with Gasteiger partial charge in [0, 0.05) is 29.2 Å². The Balaban J connectivity index is 1.61. The fourth-order valence-electron chi connectivity index (χ4n) is 3.39. The van der Waals surface area contributed by atoms with Gasteiger partial charge in [-0.2, -0.15) is 0 Å². The van der Waals surface area contributed by atoms with Gasteiger partial charge in [0.2, 0.25) is 0 Å². The summed E-state index contributed by atoms with van der Waals surface area (Å²) in [5, 5.41) is 0. The van der Waals surface area contributed by atoms with Crippen LogP contribution in [-0.2, 0) is 20.7 Å². The highest BCUT2D eigenvalue weighted by Gasteiger charge is 2.52. The van der Waals surface area contributed by atoms with Crippen LogP contribution in [0.15, 0.2) is 35.3 Å². The summed E-state index contributed by atoms with van der Waals surface area (Å²) in [6, 6.07) is 3.45. The molecular weight excluding hydrogens is 382 g/mol. The lowest BCUT2D eigenvalue weighted by Gasteiger charge is -2.32. The van der Waals surface area contributed by atoms with Crippen molar-refractivity contribution >= 4 is 18.7 Å². The summed E-state index contributed by atoms with van der Waals surface area (Å²) in [6.07, 6.45) is 1.15. The predicted octanol–water partition coefficient (Wildman–Crippen LogP) is 3.96. The normalized spacial score (nSPS) is 23.7. The van der Waals surface area contributed by atoms with Crippen LogP contribution in [-0.4, -0.2) is 36.4 Å². The molecule has 0 aromatic heterocycles. The van der Waals surface area contributed by atoms with Crippen LogP contribution in [0.3, 0.4) is 0 Å². The zero-order valence-corrected chi connectivity index (χ0v) is 16.9. The minimum absolute atomic E-state index is 0.00559. The Kier molecular flexibility index (Phi) is 4.94. The van der Waals surface area contributed by atoms with Crippen molar-refractivity contribution in [3.8, 4) is 0 Å². The number of alkyl halides is 2. The lowest BCUT2D eigenvalue weighted by molar-refractivity contribution is 0.00578.